The number of aliphatic imine (C=N–C) groups is 1. The van der Waals surface area contributed by atoms with Crippen molar-refractivity contribution >= 4 is 5.71 Å². The molecule has 2 aromatic carbocycles. The van der Waals surface area contributed by atoms with Crippen molar-refractivity contribution in [3.05, 3.63) is 71.3 Å². The van der Waals surface area contributed by atoms with Crippen molar-refractivity contribution in [2.24, 2.45) is 4.99 Å². The van der Waals surface area contributed by atoms with Crippen molar-refractivity contribution in [2.75, 3.05) is 0 Å². The lowest BCUT2D eigenvalue weighted by Gasteiger charge is -2.13. The van der Waals surface area contributed by atoms with Gasteiger partial charge in [-0.25, -0.2) is 0 Å². The highest BCUT2D eigenvalue weighted by Crippen LogP contribution is 2.29. The molecule has 0 aliphatic carbocycles. The van der Waals surface area contributed by atoms with E-state index in [9.17, 15) is 18.4 Å². The zero-order valence-corrected chi connectivity index (χ0v) is 13.2. The summed E-state index contributed by atoms with van der Waals surface area (Å²) in [4.78, 5) is 4.49. The van der Waals surface area contributed by atoms with Gasteiger partial charge in [-0.05, 0) is 24.1 Å². The van der Waals surface area contributed by atoms with Crippen LogP contribution in [0.4, 0.5) is 13.2 Å². The van der Waals surface area contributed by atoms with Crippen LogP contribution < -0.4 is 0 Å². The van der Waals surface area contributed by atoms with Crippen LogP contribution >= 0.6 is 0 Å². The normalized spacial score (nSPS) is 13.4. The fourth-order valence-corrected chi connectivity index (χ4v) is 2.40. The molecule has 2 rings (SSSR count). The molecule has 0 amide bonds. The quantitative estimate of drug-likeness (QED) is 0.661. The first-order chi connectivity index (χ1) is 11.5. The lowest BCUT2D eigenvalue weighted by atomic mass is 10.0. The molecule has 0 saturated heterocycles. The third-order valence-corrected chi connectivity index (χ3v) is 3.62. The van der Waals surface area contributed by atoms with Crippen LogP contribution in [0.15, 0.2) is 59.6 Å². The first kappa shape index (κ1) is 17.7. The first-order valence-electron chi connectivity index (χ1n) is 7.66. The van der Waals surface area contributed by atoms with E-state index in [0.717, 1.165) is 30.5 Å². The third kappa shape index (κ3) is 4.45. The summed E-state index contributed by atoms with van der Waals surface area (Å²) in [5.74, 6) is 0. The van der Waals surface area contributed by atoms with Gasteiger partial charge in [0.2, 0.25) is 0 Å². The zero-order chi connectivity index (χ0) is 17.6. The second kappa shape index (κ2) is 7.78. The van der Waals surface area contributed by atoms with Gasteiger partial charge in [0.25, 0.3) is 0 Å². The molecular formula is C19H17F3N2. The van der Waals surface area contributed by atoms with E-state index < -0.39 is 11.7 Å². The number of halogens is 3. The van der Waals surface area contributed by atoms with Gasteiger partial charge in [-0.1, -0.05) is 55.8 Å². The van der Waals surface area contributed by atoms with Crippen LogP contribution in [0.1, 0.15) is 42.5 Å². The van der Waals surface area contributed by atoms with Crippen molar-refractivity contribution in [1.29, 1.82) is 5.26 Å². The van der Waals surface area contributed by atoms with Crippen molar-refractivity contribution < 1.29 is 13.2 Å². The molecule has 0 heterocycles. The van der Waals surface area contributed by atoms with Gasteiger partial charge in [0.15, 0.2) is 0 Å². The highest BCUT2D eigenvalue weighted by atomic mass is 19.4. The maximum absolute atomic E-state index is 12.6. The number of nitrogens with zero attached hydrogens (tertiary/aromatic N) is 2. The van der Waals surface area contributed by atoms with E-state index in [4.69, 9.17) is 0 Å². The van der Waals surface area contributed by atoms with Gasteiger partial charge in [0.1, 0.15) is 11.8 Å². The van der Waals surface area contributed by atoms with Gasteiger partial charge >= 0.3 is 6.18 Å². The van der Waals surface area contributed by atoms with E-state index >= 15 is 0 Å². The summed E-state index contributed by atoms with van der Waals surface area (Å²) in [6.07, 6.45) is -2.75. The van der Waals surface area contributed by atoms with E-state index in [1.165, 1.54) is 12.1 Å². The lowest BCUT2D eigenvalue weighted by Crippen LogP contribution is -2.07. The molecule has 124 valence electrons. The molecule has 2 nitrogen and oxygen atoms in total. The Balaban J connectivity index is 2.35. The summed E-state index contributed by atoms with van der Waals surface area (Å²) in [6.45, 7) is 2.02. The predicted octanol–water partition coefficient (Wildman–Crippen LogP) is 5.56. The van der Waals surface area contributed by atoms with Crippen LogP contribution in [0.3, 0.4) is 0 Å². The molecule has 0 radical (unpaired) electrons. The minimum absolute atomic E-state index is 0.144. The smallest absolute Gasteiger partial charge is 0.266 e. The number of rotatable bonds is 5. The minimum atomic E-state index is -4.39. The van der Waals surface area contributed by atoms with Crippen LogP contribution in [0.25, 0.3) is 0 Å². The molecule has 0 bridgehead atoms. The van der Waals surface area contributed by atoms with Gasteiger partial charge in [-0.2, -0.15) is 18.4 Å². The van der Waals surface area contributed by atoms with E-state index in [-0.39, 0.29) is 11.8 Å². The Hall–Kier alpha value is -2.61. The maximum Gasteiger partial charge on any atom is 0.416 e. The highest BCUT2D eigenvalue weighted by molar-refractivity contribution is 6.11. The zero-order valence-electron chi connectivity index (χ0n) is 13.2. The Kier molecular flexibility index (Phi) is 5.75. The molecule has 0 aliphatic rings. The van der Waals surface area contributed by atoms with Crippen LogP contribution in [0, 0.1) is 11.3 Å². The molecule has 0 N–H and O–H groups in total. The maximum atomic E-state index is 12.6. The van der Waals surface area contributed by atoms with Gasteiger partial charge in [-0.15, -0.1) is 0 Å². The monoisotopic (exact) mass is 330 g/mol. The Morgan fingerprint density at radius 2 is 1.71 bits per heavy atom. The Labute approximate surface area is 139 Å². The topological polar surface area (TPSA) is 36.1 Å². The van der Waals surface area contributed by atoms with E-state index in [0.29, 0.717) is 5.56 Å². The van der Waals surface area contributed by atoms with E-state index in [2.05, 4.69) is 4.99 Å². The number of nitriles is 1. The van der Waals surface area contributed by atoms with Crippen LogP contribution in [0.5, 0.6) is 0 Å². The van der Waals surface area contributed by atoms with Crippen molar-refractivity contribution in [3.8, 4) is 6.07 Å². The summed E-state index contributed by atoms with van der Waals surface area (Å²) >= 11 is 0. The number of hydrogen-bond donors (Lipinski definition) is 0. The fraction of sp³-hybridized carbons (Fsp3) is 0.263. The van der Waals surface area contributed by atoms with Crippen molar-refractivity contribution in [3.63, 3.8) is 0 Å². The standard InChI is InChI=1S/C19H17F3N2/c1-2-6-17(14-7-4-3-5-8-14)24-18(13-23)15-9-11-16(12-10-15)19(20,21)22/h3-5,7-12,17H,2,6H2,1H3/t17-/m1/s1. The van der Waals surface area contributed by atoms with Crippen molar-refractivity contribution in [1.82, 2.24) is 0 Å². The molecule has 2 aromatic rings. The first-order valence-corrected chi connectivity index (χ1v) is 7.66. The molecule has 1 atom stereocenters. The summed E-state index contributed by atoms with van der Waals surface area (Å²) in [7, 11) is 0. The lowest BCUT2D eigenvalue weighted by molar-refractivity contribution is -0.137. The molecule has 0 aromatic heterocycles. The molecule has 0 unspecified atom stereocenters. The van der Waals surface area contributed by atoms with Crippen LogP contribution in [0.2, 0.25) is 0 Å². The average molecular weight is 330 g/mol. The number of benzene rings is 2. The summed E-state index contributed by atoms with van der Waals surface area (Å²) < 4.78 is 37.9. The van der Waals surface area contributed by atoms with Crippen molar-refractivity contribution in [2.45, 2.75) is 32.0 Å². The fourth-order valence-electron chi connectivity index (χ4n) is 2.40. The molecule has 0 saturated carbocycles. The molecule has 0 aliphatic heterocycles. The predicted molar refractivity (Wildman–Crippen MR) is 87.7 cm³/mol. The molecule has 5 heteroatoms. The molecule has 24 heavy (non-hydrogen) atoms. The van der Waals surface area contributed by atoms with Gasteiger partial charge in [0, 0.05) is 5.56 Å². The summed E-state index contributed by atoms with van der Waals surface area (Å²) in [5, 5.41) is 9.37. The second-order valence-electron chi connectivity index (χ2n) is 5.38. The van der Waals surface area contributed by atoms with Crippen LogP contribution in [-0.4, -0.2) is 5.71 Å². The van der Waals surface area contributed by atoms with Gasteiger partial charge < -0.3 is 0 Å². The van der Waals surface area contributed by atoms with Gasteiger partial charge in [-0.3, -0.25) is 4.99 Å². The molecule has 0 fully saturated rings. The third-order valence-electron chi connectivity index (χ3n) is 3.62. The van der Waals surface area contributed by atoms with Gasteiger partial charge in [0.05, 0.1) is 11.6 Å². The Bertz CT molecular complexity index is 726. The Morgan fingerprint density at radius 3 is 2.21 bits per heavy atom. The summed E-state index contributed by atoms with van der Waals surface area (Å²) in [5.41, 5.74) is 0.782. The summed E-state index contributed by atoms with van der Waals surface area (Å²) in [6, 6.07) is 15.9. The SMILES string of the molecule is CCC[C@@H](N=C(C#N)c1ccc(C(F)(F)F)cc1)c1ccccc1. The van der Waals surface area contributed by atoms with Crippen LogP contribution in [-0.2, 0) is 6.18 Å². The number of alkyl halides is 3. The average Bonchev–Trinajstić information content (AvgIpc) is 2.59. The minimum Gasteiger partial charge on any atom is -0.266 e. The van der Waals surface area contributed by atoms with E-state index in [1.54, 1.807) is 0 Å². The Morgan fingerprint density at radius 1 is 1.08 bits per heavy atom. The largest absolute Gasteiger partial charge is 0.416 e. The second-order valence-corrected chi connectivity index (χ2v) is 5.38. The molecule has 0 spiro atoms. The number of hydrogen-bond acceptors (Lipinski definition) is 2. The highest BCUT2D eigenvalue weighted by Gasteiger charge is 2.30. The van der Waals surface area contributed by atoms with E-state index in [1.807, 2.05) is 43.3 Å². The molecular weight excluding hydrogens is 313 g/mol.